The van der Waals surface area contributed by atoms with Gasteiger partial charge in [0, 0.05) is 31.1 Å². The number of sulfone groups is 1. The largest absolute Gasteiger partial charge is 1.00 e. The molecule has 202 valence electrons. The second-order valence-electron chi connectivity index (χ2n) is 10.3. The van der Waals surface area contributed by atoms with E-state index in [4.69, 9.17) is 4.74 Å². The first-order valence-electron chi connectivity index (χ1n) is 13.1. The average molecular weight is 537 g/mol. The molecule has 2 atom stereocenters. The maximum atomic E-state index is 13.9. The molecule has 0 aliphatic carbocycles. The fraction of sp³-hybridized carbons (Fsp3) is 0.586. The van der Waals surface area contributed by atoms with Gasteiger partial charge in [-0.1, -0.05) is 58.6 Å². The summed E-state index contributed by atoms with van der Waals surface area (Å²) in [5.74, 6) is 0.278. The molecule has 0 bridgehead atoms. The molecule has 7 heteroatoms. The fourth-order valence-electron chi connectivity index (χ4n) is 5.41. The van der Waals surface area contributed by atoms with E-state index >= 15 is 0 Å². The first-order chi connectivity index (χ1) is 16.7. The van der Waals surface area contributed by atoms with E-state index < -0.39 is 27.3 Å². The number of anilines is 1. The number of unbranched alkanes of at least 4 members (excludes halogenated alkanes) is 2. The molecule has 0 amide bonds. The summed E-state index contributed by atoms with van der Waals surface area (Å²) in [6.07, 6.45) is 5.18. The number of ether oxygens (including phenoxy) is 1. The van der Waals surface area contributed by atoms with E-state index in [0.29, 0.717) is 29.9 Å². The summed E-state index contributed by atoms with van der Waals surface area (Å²) in [7, 11) is 0.300. The lowest BCUT2D eigenvalue weighted by Gasteiger charge is -2.40. The molecule has 0 aromatic heterocycles. The lowest BCUT2D eigenvalue weighted by molar-refractivity contribution is -0.0000151. The lowest BCUT2D eigenvalue weighted by Crippen LogP contribution is -3.00. The molecule has 1 aliphatic rings. The zero-order chi connectivity index (χ0) is 25.6. The molecule has 3 rings (SSSR count). The SMILES string of the molecule is CCCCC1(CCCC)CS(=O)(=O)c2ccc(N(C)C)cc2[C@@H](c2cccc(OCCC)c2)[C@H]1O.[Cl-]. The van der Waals surface area contributed by atoms with Crippen LogP contribution in [0.5, 0.6) is 5.75 Å². The van der Waals surface area contributed by atoms with E-state index in [1.54, 1.807) is 6.07 Å². The van der Waals surface area contributed by atoms with Gasteiger partial charge in [-0.05, 0) is 60.7 Å². The number of aliphatic hydroxyl groups is 1. The van der Waals surface area contributed by atoms with Gasteiger partial charge in [0.05, 0.1) is 23.4 Å². The van der Waals surface area contributed by atoms with Crippen LogP contribution in [0.15, 0.2) is 47.4 Å². The van der Waals surface area contributed by atoms with Gasteiger partial charge in [-0.15, -0.1) is 0 Å². The average Bonchev–Trinajstić information content (AvgIpc) is 2.91. The first kappa shape index (κ1) is 30.5. The highest BCUT2D eigenvalue weighted by Crippen LogP contribution is 2.50. The minimum atomic E-state index is -3.60. The highest BCUT2D eigenvalue weighted by atomic mass is 35.5. The second kappa shape index (κ2) is 13.2. The Kier molecular flexibility index (Phi) is 11.1. The zero-order valence-electron chi connectivity index (χ0n) is 22.5. The van der Waals surface area contributed by atoms with Crippen molar-refractivity contribution in [3.8, 4) is 5.75 Å². The number of nitrogens with zero attached hydrogens (tertiary/aromatic N) is 1. The Labute approximate surface area is 224 Å². The van der Waals surface area contributed by atoms with Crippen molar-refractivity contribution in [1.82, 2.24) is 0 Å². The van der Waals surface area contributed by atoms with E-state index in [0.717, 1.165) is 49.1 Å². The van der Waals surface area contributed by atoms with Gasteiger partial charge >= 0.3 is 0 Å². The Morgan fingerprint density at radius 2 is 1.67 bits per heavy atom. The van der Waals surface area contributed by atoms with Crippen LogP contribution in [0.3, 0.4) is 0 Å². The number of hydrogen-bond acceptors (Lipinski definition) is 5. The summed E-state index contributed by atoms with van der Waals surface area (Å²) in [5.41, 5.74) is 1.81. The lowest BCUT2D eigenvalue weighted by atomic mass is 9.68. The fourth-order valence-corrected chi connectivity index (χ4v) is 7.60. The van der Waals surface area contributed by atoms with Gasteiger partial charge < -0.3 is 27.2 Å². The van der Waals surface area contributed by atoms with E-state index in [2.05, 4.69) is 20.8 Å². The molecule has 1 heterocycles. The van der Waals surface area contributed by atoms with Crippen LogP contribution in [-0.4, -0.2) is 46.1 Å². The maximum absolute atomic E-state index is 13.9. The van der Waals surface area contributed by atoms with Crippen molar-refractivity contribution < 1.29 is 30.7 Å². The van der Waals surface area contributed by atoms with E-state index in [9.17, 15) is 13.5 Å². The van der Waals surface area contributed by atoms with Crippen LogP contribution in [-0.2, 0) is 9.84 Å². The third-order valence-electron chi connectivity index (χ3n) is 7.35. The second-order valence-corrected chi connectivity index (χ2v) is 12.2. The molecule has 0 saturated heterocycles. The quantitative estimate of drug-likeness (QED) is 0.478. The molecule has 2 aromatic rings. The van der Waals surface area contributed by atoms with Gasteiger partial charge in [0.15, 0.2) is 9.84 Å². The first-order valence-corrected chi connectivity index (χ1v) is 14.8. The van der Waals surface area contributed by atoms with Gasteiger partial charge in [0.1, 0.15) is 5.75 Å². The number of rotatable bonds is 11. The molecule has 5 nitrogen and oxygen atoms in total. The Hall–Kier alpha value is -1.76. The zero-order valence-corrected chi connectivity index (χ0v) is 24.0. The topological polar surface area (TPSA) is 66.8 Å². The monoisotopic (exact) mass is 536 g/mol. The summed E-state index contributed by atoms with van der Waals surface area (Å²) >= 11 is 0. The Morgan fingerprint density at radius 1 is 1.00 bits per heavy atom. The van der Waals surface area contributed by atoms with Crippen LogP contribution in [0.2, 0.25) is 0 Å². The number of benzene rings is 2. The van der Waals surface area contributed by atoms with Crippen LogP contribution in [0.25, 0.3) is 0 Å². The number of hydrogen-bond donors (Lipinski definition) is 1. The molecular weight excluding hydrogens is 494 g/mol. The minimum absolute atomic E-state index is 0. The van der Waals surface area contributed by atoms with Crippen LogP contribution >= 0.6 is 0 Å². The van der Waals surface area contributed by atoms with Gasteiger partial charge in [0.25, 0.3) is 0 Å². The molecule has 0 fully saturated rings. The summed E-state index contributed by atoms with van der Waals surface area (Å²) in [6.45, 7) is 6.92. The molecule has 0 unspecified atom stereocenters. The molecule has 2 aromatic carbocycles. The van der Waals surface area contributed by atoms with E-state index in [1.807, 2.05) is 55.4 Å². The summed E-state index contributed by atoms with van der Waals surface area (Å²) in [5, 5.41) is 12.2. The predicted octanol–water partition coefficient (Wildman–Crippen LogP) is 3.19. The van der Waals surface area contributed by atoms with Crippen LogP contribution in [0, 0.1) is 5.41 Å². The molecular formula is C29H43ClNO4S-. The van der Waals surface area contributed by atoms with Crippen LogP contribution < -0.4 is 22.0 Å². The maximum Gasteiger partial charge on any atom is 0.179 e. The van der Waals surface area contributed by atoms with Gasteiger partial charge in [-0.3, -0.25) is 0 Å². The summed E-state index contributed by atoms with van der Waals surface area (Å²) in [4.78, 5) is 2.32. The third kappa shape index (κ3) is 6.56. The van der Waals surface area contributed by atoms with Crippen LogP contribution in [0.1, 0.15) is 82.8 Å². The summed E-state index contributed by atoms with van der Waals surface area (Å²) < 4.78 is 33.7. The van der Waals surface area contributed by atoms with Crippen molar-refractivity contribution in [2.24, 2.45) is 5.41 Å². The van der Waals surface area contributed by atoms with Crippen molar-refractivity contribution in [2.45, 2.75) is 82.6 Å². The van der Waals surface area contributed by atoms with Crippen LogP contribution in [0.4, 0.5) is 5.69 Å². The molecule has 0 radical (unpaired) electrons. The molecule has 36 heavy (non-hydrogen) atoms. The van der Waals surface area contributed by atoms with Crippen molar-refractivity contribution in [3.63, 3.8) is 0 Å². The van der Waals surface area contributed by atoms with Gasteiger partial charge in [-0.2, -0.15) is 0 Å². The van der Waals surface area contributed by atoms with Crippen molar-refractivity contribution in [3.05, 3.63) is 53.6 Å². The summed E-state index contributed by atoms with van der Waals surface area (Å²) in [6, 6.07) is 13.4. The number of halogens is 1. The molecule has 0 spiro atoms. The molecule has 0 saturated carbocycles. The molecule has 1 N–H and O–H groups in total. The predicted molar refractivity (Wildman–Crippen MR) is 144 cm³/mol. The normalized spacial score (nSPS) is 20.1. The van der Waals surface area contributed by atoms with E-state index in [-0.39, 0.29) is 18.2 Å². The Balaban J connectivity index is 0.00000456. The highest BCUT2D eigenvalue weighted by molar-refractivity contribution is 7.91. The van der Waals surface area contributed by atoms with Crippen molar-refractivity contribution >= 4 is 15.5 Å². The van der Waals surface area contributed by atoms with Gasteiger partial charge in [-0.25, -0.2) is 8.42 Å². The minimum Gasteiger partial charge on any atom is -1.00 e. The Morgan fingerprint density at radius 3 is 2.25 bits per heavy atom. The highest BCUT2D eigenvalue weighted by Gasteiger charge is 2.49. The standard InChI is InChI=1S/C29H43NO4S.ClH/c1-6-9-16-29(17-10-7-2)21-35(32,33)26-15-14-23(30(4)5)20-25(26)27(28(29)31)22-12-11-13-24(19-22)34-18-8-3;/h11-15,19-20,27-28,31H,6-10,16-18,21H2,1-5H3;1H/p-1/t27-,28-;/m1./s1. The smallest absolute Gasteiger partial charge is 0.179 e. The Bertz CT molecular complexity index is 1080. The third-order valence-corrected chi connectivity index (χ3v) is 9.34. The number of aliphatic hydroxyl groups excluding tert-OH is 1. The number of fused-ring (bicyclic) bond motifs is 1. The van der Waals surface area contributed by atoms with Crippen molar-refractivity contribution in [1.29, 1.82) is 0 Å². The molecule has 1 aliphatic heterocycles. The van der Waals surface area contributed by atoms with Crippen molar-refractivity contribution in [2.75, 3.05) is 31.4 Å². The van der Waals surface area contributed by atoms with Gasteiger partial charge in [0.2, 0.25) is 0 Å². The van der Waals surface area contributed by atoms with E-state index in [1.165, 1.54) is 0 Å².